The van der Waals surface area contributed by atoms with Crippen LogP contribution in [0.4, 0.5) is 5.69 Å². The van der Waals surface area contributed by atoms with Crippen LogP contribution in [0.5, 0.6) is 0 Å². The Kier molecular flexibility index (Phi) is 4.82. The number of rotatable bonds is 4. The number of nitro benzene ring substituents is 1. The number of halogens is 1. The lowest BCUT2D eigenvalue weighted by atomic mass is 10.2. The molecule has 21 heavy (non-hydrogen) atoms. The molecule has 0 amide bonds. The zero-order valence-electron chi connectivity index (χ0n) is 10.9. The number of carbonyl (C=O) groups is 1. The first kappa shape index (κ1) is 15.3. The third-order valence-electron chi connectivity index (χ3n) is 2.62. The molecular weight excluding hydrogens is 314 g/mol. The van der Waals surface area contributed by atoms with Gasteiger partial charge in [0.2, 0.25) is 0 Å². The first-order valence-electron chi connectivity index (χ1n) is 5.81. The molecule has 0 aromatic heterocycles. The maximum atomic E-state index is 11.6. The van der Waals surface area contributed by atoms with E-state index in [1.807, 2.05) is 12.1 Å². The standard InChI is InChI=1S/C14H10ClNO4S/c1-20-14(17)12-8-11(6-7-13(12)16(18)19)21-10-4-2-9(15)3-5-10/h2-8H,1H3. The van der Waals surface area contributed by atoms with E-state index in [1.54, 1.807) is 18.2 Å². The first-order chi connectivity index (χ1) is 10.0. The van der Waals surface area contributed by atoms with Crippen LogP contribution in [-0.2, 0) is 4.74 Å². The van der Waals surface area contributed by atoms with Crippen molar-refractivity contribution in [2.24, 2.45) is 0 Å². The molecule has 2 aromatic carbocycles. The van der Waals surface area contributed by atoms with Crippen molar-refractivity contribution in [1.29, 1.82) is 0 Å². The highest BCUT2D eigenvalue weighted by Gasteiger charge is 2.21. The Balaban J connectivity index is 2.35. The highest BCUT2D eigenvalue weighted by molar-refractivity contribution is 7.99. The van der Waals surface area contributed by atoms with Crippen molar-refractivity contribution in [2.75, 3.05) is 7.11 Å². The smallest absolute Gasteiger partial charge is 0.344 e. The van der Waals surface area contributed by atoms with Gasteiger partial charge in [0, 0.05) is 20.9 Å². The topological polar surface area (TPSA) is 69.4 Å². The summed E-state index contributed by atoms with van der Waals surface area (Å²) >= 11 is 7.18. The maximum absolute atomic E-state index is 11.6. The zero-order valence-corrected chi connectivity index (χ0v) is 12.5. The van der Waals surface area contributed by atoms with Gasteiger partial charge in [0.1, 0.15) is 5.56 Å². The molecule has 0 aliphatic heterocycles. The lowest BCUT2D eigenvalue weighted by Crippen LogP contribution is -2.05. The molecule has 0 aliphatic carbocycles. The van der Waals surface area contributed by atoms with E-state index < -0.39 is 10.9 Å². The molecule has 0 fully saturated rings. The van der Waals surface area contributed by atoms with Crippen LogP contribution in [0.25, 0.3) is 0 Å². The first-order valence-corrected chi connectivity index (χ1v) is 7.01. The molecule has 2 aromatic rings. The summed E-state index contributed by atoms with van der Waals surface area (Å²) in [5.41, 5.74) is -0.344. The summed E-state index contributed by atoms with van der Waals surface area (Å²) in [6.07, 6.45) is 0. The predicted octanol–water partition coefficient (Wildman–Crippen LogP) is 4.19. The monoisotopic (exact) mass is 323 g/mol. The molecule has 0 atom stereocenters. The summed E-state index contributed by atoms with van der Waals surface area (Å²) < 4.78 is 4.58. The van der Waals surface area contributed by atoms with Gasteiger partial charge in [0.15, 0.2) is 0 Å². The quantitative estimate of drug-likeness (QED) is 0.479. The Labute approximate surface area is 130 Å². The van der Waals surface area contributed by atoms with Crippen molar-refractivity contribution in [1.82, 2.24) is 0 Å². The molecule has 0 spiro atoms. The molecule has 2 rings (SSSR count). The van der Waals surface area contributed by atoms with E-state index >= 15 is 0 Å². The number of esters is 1. The second kappa shape index (κ2) is 6.60. The summed E-state index contributed by atoms with van der Waals surface area (Å²) in [7, 11) is 1.19. The van der Waals surface area contributed by atoms with E-state index in [-0.39, 0.29) is 11.3 Å². The molecule has 0 N–H and O–H groups in total. The Morgan fingerprint density at radius 3 is 2.38 bits per heavy atom. The Morgan fingerprint density at radius 2 is 1.81 bits per heavy atom. The van der Waals surface area contributed by atoms with Crippen molar-refractivity contribution < 1.29 is 14.5 Å². The maximum Gasteiger partial charge on any atom is 0.344 e. The molecule has 0 aliphatic rings. The van der Waals surface area contributed by atoms with Gasteiger partial charge in [-0.15, -0.1) is 0 Å². The van der Waals surface area contributed by atoms with Gasteiger partial charge in [-0.2, -0.15) is 0 Å². The fraction of sp³-hybridized carbons (Fsp3) is 0.0714. The number of benzene rings is 2. The van der Waals surface area contributed by atoms with Gasteiger partial charge in [-0.05, 0) is 36.4 Å². The van der Waals surface area contributed by atoms with E-state index in [9.17, 15) is 14.9 Å². The van der Waals surface area contributed by atoms with Crippen LogP contribution < -0.4 is 0 Å². The van der Waals surface area contributed by atoms with Crippen LogP contribution in [0.2, 0.25) is 5.02 Å². The zero-order chi connectivity index (χ0) is 15.4. The lowest BCUT2D eigenvalue weighted by Gasteiger charge is -2.05. The molecule has 108 valence electrons. The Hall–Kier alpha value is -2.05. The summed E-state index contributed by atoms with van der Waals surface area (Å²) in [5, 5.41) is 11.5. The minimum absolute atomic E-state index is 0.0681. The molecule has 7 heteroatoms. The van der Waals surface area contributed by atoms with Gasteiger partial charge < -0.3 is 4.74 Å². The molecule has 0 radical (unpaired) electrons. The number of nitro groups is 1. The fourth-order valence-electron chi connectivity index (χ4n) is 1.65. The van der Waals surface area contributed by atoms with E-state index in [2.05, 4.69) is 4.74 Å². The third kappa shape index (κ3) is 3.74. The number of hydrogen-bond donors (Lipinski definition) is 0. The minimum Gasteiger partial charge on any atom is -0.465 e. The van der Waals surface area contributed by atoms with Crippen LogP contribution in [-0.4, -0.2) is 18.0 Å². The number of hydrogen-bond acceptors (Lipinski definition) is 5. The minimum atomic E-state index is -0.736. The number of nitrogens with zero attached hydrogens (tertiary/aromatic N) is 1. The second-order valence-corrected chi connectivity index (χ2v) is 5.57. The van der Waals surface area contributed by atoms with Gasteiger partial charge in [0.25, 0.3) is 5.69 Å². The van der Waals surface area contributed by atoms with Crippen LogP contribution in [0.3, 0.4) is 0 Å². The van der Waals surface area contributed by atoms with E-state index in [0.29, 0.717) is 9.92 Å². The van der Waals surface area contributed by atoms with E-state index in [4.69, 9.17) is 11.6 Å². The summed E-state index contributed by atoms with van der Waals surface area (Å²) in [6, 6.07) is 11.5. The second-order valence-electron chi connectivity index (χ2n) is 3.98. The molecule has 0 heterocycles. The van der Waals surface area contributed by atoms with Crippen molar-refractivity contribution >= 4 is 35.0 Å². The molecule has 0 saturated carbocycles. The van der Waals surface area contributed by atoms with Crippen molar-refractivity contribution in [2.45, 2.75) is 9.79 Å². The molecular formula is C14H10ClNO4S. The Morgan fingerprint density at radius 1 is 1.19 bits per heavy atom. The van der Waals surface area contributed by atoms with Gasteiger partial charge in [-0.3, -0.25) is 10.1 Å². The van der Waals surface area contributed by atoms with Crippen molar-refractivity contribution in [3.05, 3.63) is 63.2 Å². The van der Waals surface area contributed by atoms with E-state index in [1.165, 1.54) is 31.0 Å². The largest absolute Gasteiger partial charge is 0.465 e. The van der Waals surface area contributed by atoms with Gasteiger partial charge in [-0.25, -0.2) is 4.79 Å². The number of methoxy groups -OCH3 is 1. The van der Waals surface area contributed by atoms with E-state index in [0.717, 1.165) is 4.90 Å². The highest BCUT2D eigenvalue weighted by atomic mass is 35.5. The summed E-state index contributed by atoms with van der Waals surface area (Å²) in [5.74, 6) is -0.736. The molecule has 0 saturated heterocycles. The fourth-order valence-corrected chi connectivity index (χ4v) is 2.63. The van der Waals surface area contributed by atoms with Crippen LogP contribution in [0.15, 0.2) is 52.3 Å². The Bertz CT molecular complexity index is 688. The molecule has 5 nitrogen and oxygen atoms in total. The average molecular weight is 324 g/mol. The van der Waals surface area contributed by atoms with Crippen molar-refractivity contribution in [3.63, 3.8) is 0 Å². The predicted molar refractivity (Wildman–Crippen MR) is 80.0 cm³/mol. The molecule has 0 bridgehead atoms. The number of ether oxygens (including phenoxy) is 1. The summed E-state index contributed by atoms with van der Waals surface area (Å²) in [4.78, 5) is 23.6. The van der Waals surface area contributed by atoms with Crippen molar-refractivity contribution in [3.8, 4) is 0 Å². The highest BCUT2D eigenvalue weighted by Crippen LogP contribution is 2.32. The van der Waals surface area contributed by atoms with Crippen LogP contribution >= 0.6 is 23.4 Å². The molecule has 0 unspecified atom stereocenters. The SMILES string of the molecule is COC(=O)c1cc(Sc2ccc(Cl)cc2)ccc1[N+](=O)[O-]. The average Bonchev–Trinajstić information content (AvgIpc) is 2.48. The van der Waals surface area contributed by atoms with Gasteiger partial charge in [-0.1, -0.05) is 23.4 Å². The third-order valence-corrected chi connectivity index (χ3v) is 3.87. The van der Waals surface area contributed by atoms with Crippen LogP contribution in [0, 0.1) is 10.1 Å². The summed E-state index contributed by atoms with van der Waals surface area (Å²) in [6.45, 7) is 0. The van der Waals surface area contributed by atoms with Crippen LogP contribution in [0.1, 0.15) is 10.4 Å². The lowest BCUT2D eigenvalue weighted by molar-refractivity contribution is -0.385. The van der Waals surface area contributed by atoms with Gasteiger partial charge >= 0.3 is 5.97 Å². The van der Waals surface area contributed by atoms with Gasteiger partial charge in [0.05, 0.1) is 12.0 Å². The number of carbonyl (C=O) groups excluding carboxylic acids is 1. The normalized spacial score (nSPS) is 10.2.